The number of aryl methyl sites for hydroxylation is 1. The highest BCUT2D eigenvalue weighted by atomic mass is 15.3. The molecule has 0 amide bonds. The van der Waals surface area contributed by atoms with Gasteiger partial charge in [-0.2, -0.15) is 5.10 Å². The largest absolute Gasteiger partial charge is 0.378 e. The van der Waals surface area contributed by atoms with E-state index in [2.05, 4.69) is 84.4 Å². The van der Waals surface area contributed by atoms with Crippen LogP contribution in [0.3, 0.4) is 0 Å². The molecule has 1 N–H and O–H groups in total. The summed E-state index contributed by atoms with van der Waals surface area (Å²) < 4.78 is 2.09. The van der Waals surface area contributed by atoms with Crippen molar-refractivity contribution in [1.82, 2.24) is 9.78 Å². The molecule has 25 heavy (non-hydrogen) atoms. The Balaban J connectivity index is 1.83. The number of anilines is 2. The smallest absolute Gasteiger partial charge is 0.133 e. The first kappa shape index (κ1) is 15.8. The third-order valence-corrected chi connectivity index (χ3v) is 4.91. The molecule has 0 atom stereocenters. The van der Waals surface area contributed by atoms with Crippen molar-refractivity contribution in [3.05, 3.63) is 59.7 Å². The van der Waals surface area contributed by atoms with Gasteiger partial charge in [0.2, 0.25) is 0 Å². The van der Waals surface area contributed by atoms with Crippen molar-refractivity contribution in [3.8, 4) is 16.9 Å². The number of nitrogens with one attached hydrogen (secondary N) is 1. The lowest BCUT2D eigenvalue weighted by Crippen LogP contribution is -2.08. The first-order chi connectivity index (χ1) is 12.2. The average Bonchev–Trinajstić information content (AvgIpc) is 3.24. The maximum atomic E-state index is 5.00. The summed E-state index contributed by atoms with van der Waals surface area (Å²) in [6.07, 6.45) is 2.02. The van der Waals surface area contributed by atoms with Crippen molar-refractivity contribution < 1.29 is 0 Å². The molecule has 0 unspecified atom stereocenters. The van der Waals surface area contributed by atoms with Crippen molar-refractivity contribution in [3.63, 3.8) is 0 Å². The number of hydrogen-bond donors (Lipinski definition) is 1. The summed E-state index contributed by atoms with van der Waals surface area (Å²) in [7, 11) is 4.13. The summed E-state index contributed by atoms with van der Waals surface area (Å²) in [4.78, 5) is 2.12. The Kier molecular flexibility index (Phi) is 3.96. The minimum Gasteiger partial charge on any atom is -0.378 e. The summed E-state index contributed by atoms with van der Waals surface area (Å²) in [5.41, 5.74) is 7.29. The van der Waals surface area contributed by atoms with Gasteiger partial charge in [-0.15, -0.1) is 0 Å². The fourth-order valence-corrected chi connectivity index (χ4v) is 3.51. The Labute approximate surface area is 149 Å². The summed E-state index contributed by atoms with van der Waals surface area (Å²) in [5, 5.41) is 8.53. The van der Waals surface area contributed by atoms with Crippen LogP contribution in [-0.2, 0) is 12.8 Å². The zero-order chi connectivity index (χ0) is 17.4. The van der Waals surface area contributed by atoms with E-state index in [1.165, 1.54) is 28.1 Å². The van der Waals surface area contributed by atoms with Crippen LogP contribution in [0.25, 0.3) is 16.9 Å². The van der Waals surface area contributed by atoms with Crippen LogP contribution < -0.4 is 10.2 Å². The summed E-state index contributed by atoms with van der Waals surface area (Å²) in [6.45, 7) is 3.17. The quantitative estimate of drug-likeness (QED) is 0.779. The van der Waals surface area contributed by atoms with E-state index in [1.807, 2.05) is 0 Å². The van der Waals surface area contributed by atoms with E-state index in [1.54, 1.807) is 0 Å². The highest BCUT2D eigenvalue weighted by Gasteiger charge is 2.24. The Morgan fingerprint density at radius 3 is 2.56 bits per heavy atom. The Morgan fingerprint density at radius 1 is 1.08 bits per heavy atom. The number of nitrogens with zero attached hydrogens (tertiary/aromatic N) is 3. The Bertz CT molecular complexity index is 891. The van der Waals surface area contributed by atoms with Gasteiger partial charge in [-0.05, 0) is 36.6 Å². The molecule has 4 rings (SSSR count). The monoisotopic (exact) mass is 332 g/mol. The van der Waals surface area contributed by atoms with E-state index < -0.39 is 0 Å². The molecule has 0 aliphatic carbocycles. The van der Waals surface area contributed by atoms with Crippen molar-refractivity contribution in [2.75, 3.05) is 30.9 Å². The molecule has 0 saturated carbocycles. The van der Waals surface area contributed by atoms with E-state index in [-0.39, 0.29) is 0 Å². The van der Waals surface area contributed by atoms with Crippen LogP contribution in [0.15, 0.2) is 48.5 Å². The molecule has 0 fully saturated rings. The fraction of sp³-hybridized carbons (Fsp3) is 0.286. The Hall–Kier alpha value is -2.75. The lowest BCUT2D eigenvalue weighted by atomic mass is 10.1. The van der Waals surface area contributed by atoms with Crippen LogP contribution in [0.2, 0.25) is 0 Å². The number of para-hydroxylation sites is 1. The average molecular weight is 332 g/mol. The van der Waals surface area contributed by atoms with E-state index >= 15 is 0 Å². The molecule has 4 nitrogen and oxygen atoms in total. The van der Waals surface area contributed by atoms with Gasteiger partial charge in [0.1, 0.15) is 5.82 Å². The van der Waals surface area contributed by atoms with Crippen LogP contribution in [-0.4, -0.2) is 30.4 Å². The molecule has 0 bridgehead atoms. The van der Waals surface area contributed by atoms with Gasteiger partial charge in [0.05, 0.1) is 11.4 Å². The molecule has 2 aromatic carbocycles. The summed E-state index contributed by atoms with van der Waals surface area (Å²) in [5.74, 6) is 1.15. The van der Waals surface area contributed by atoms with Gasteiger partial charge >= 0.3 is 0 Å². The van der Waals surface area contributed by atoms with E-state index in [0.717, 1.165) is 30.9 Å². The van der Waals surface area contributed by atoms with Crippen LogP contribution in [0.5, 0.6) is 0 Å². The molecular weight excluding hydrogens is 308 g/mol. The highest BCUT2D eigenvalue weighted by Crippen LogP contribution is 2.35. The van der Waals surface area contributed by atoms with Crippen LogP contribution >= 0.6 is 0 Å². The molecular formula is C21H24N4. The summed E-state index contributed by atoms with van der Waals surface area (Å²) in [6, 6.07) is 17.2. The number of benzene rings is 2. The van der Waals surface area contributed by atoms with Crippen LogP contribution in [0, 0.1) is 0 Å². The Morgan fingerprint density at radius 2 is 1.84 bits per heavy atom. The topological polar surface area (TPSA) is 33.1 Å². The fourth-order valence-electron chi connectivity index (χ4n) is 3.51. The van der Waals surface area contributed by atoms with E-state index in [0.29, 0.717) is 0 Å². The standard InChI is InChI=1S/C21H24N4/c1-4-15-7-5-6-8-19(15)25-21-18(13-14-22-21)20(23-25)16-9-11-17(12-10-16)24(2)3/h5-12,22H,4,13-14H2,1-3H3. The number of aromatic nitrogens is 2. The SMILES string of the molecule is CCc1ccccc1-n1nc(-c2ccc(N(C)C)cc2)c2c1NCC2. The van der Waals surface area contributed by atoms with Gasteiger partial charge in [-0.25, -0.2) is 4.68 Å². The van der Waals surface area contributed by atoms with Gasteiger partial charge in [0.25, 0.3) is 0 Å². The molecule has 1 aromatic heterocycles. The predicted molar refractivity (Wildman–Crippen MR) is 105 cm³/mol. The van der Waals surface area contributed by atoms with Crippen LogP contribution in [0.4, 0.5) is 11.5 Å². The van der Waals surface area contributed by atoms with E-state index in [4.69, 9.17) is 5.10 Å². The second-order valence-electron chi connectivity index (χ2n) is 6.69. The minimum atomic E-state index is 0.976. The maximum Gasteiger partial charge on any atom is 0.133 e. The van der Waals surface area contributed by atoms with Gasteiger partial charge in [0, 0.05) is 37.5 Å². The minimum absolute atomic E-state index is 0.976. The second kappa shape index (κ2) is 6.28. The molecule has 0 saturated heterocycles. The lowest BCUT2D eigenvalue weighted by molar-refractivity contribution is 0.866. The molecule has 0 radical (unpaired) electrons. The molecule has 2 heterocycles. The molecule has 0 spiro atoms. The molecule has 128 valence electrons. The number of fused-ring (bicyclic) bond motifs is 1. The van der Waals surface area contributed by atoms with Gasteiger partial charge in [0.15, 0.2) is 0 Å². The normalized spacial score (nSPS) is 12.8. The first-order valence-corrected chi connectivity index (χ1v) is 8.91. The van der Waals surface area contributed by atoms with Gasteiger partial charge in [-0.1, -0.05) is 37.3 Å². The zero-order valence-electron chi connectivity index (χ0n) is 15.1. The number of hydrogen-bond acceptors (Lipinski definition) is 3. The van der Waals surface area contributed by atoms with Crippen molar-refractivity contribution in [1.29, 1.82) is 0 Å². The molecule has 1 aliphatic rings. The molecule has 4 heteroatoms. The number of rotatable bonds is 4. The third kappa shape index (κ3) is 2.68. The molecule has 1 aliphatic heterocycles. The first-order valence-electron chi connectivity index (χ1n) is 8.91. The summed E-state index contributed by atoms with van der Waals surface area (Å²) >= 11 is 0. The zero-order valence-corrected chi connectivity index (χ0v) is 15.1. The van der Waals surface area contributed by atoms with Crippen molar-refractivity contribution in [2.45, 2.75) is 19.8 Å². The third-order valence-electron chi connectivity index (χ3n) is 4.91. The van der Waals surface area contributed by atoms with Crippen molar-refractivity contribution in [2.24, 2.45) is 0 Å². The maximum absolute atomic E-state index is 5.00. The van der Waals surface area contributed by atoms with Crippen molar-refractivity contribution >= 4 is 11.5 Å². The second-order valence-corrected chi connectivity index (χ2v) is 6.69. The highest BCUT2D eigenvalue weighted by molar-refractivity contribution is 5.74. The molecule has 3 aromatic rings. The van der Waals surface area contributed by atoms with E-state index in [9.17, 15) is 0 Å². The van der Waals surface area contributed by atoms with Gasteiger partial charge in [-0.3, -0.25) is 0 Å². The van der Waals surface area contributed by atoms with Gasteiger partial charge < -0.3 is 10.2 Å². The van der Waals surface area contributed by atoms with Crippen LogP contribution in [0.1, 0.15) is 18.1 Å². The predicted octanol–water partition coefficient (Wildman–Crippen LogP) is 4.14. The lowest BCUT2D eigenvalue weighted by Gasteiger charge is -2.12.